The van der Waals surface area contributed by atoms with E-state index in [1.54, 1.807) is 0 Å². The van der Waals surface area contributed by atoms with Gasteiger partial charge in [-0.15, -0.1) is 0 Å². The zero-order valence-electron chi connectivity index (χ0n) is 9.76. The van der Waals surface area contributed by atoms with Crippen molar-refractivity contribution in [1.29, 1.82) is 0 Å². The minimum atomic E-state index is 0.189. The summed E-state index contributed by atoms with van der Waals surface area (Å²) in [5.41, 5.74) is 7.62. The molecular weight excluding hydrogens is 232 g/mol. The van der Waals surface area contributed by atoms with Crippen LogP contribution in [0.25, 0.3) is 10.9 Å². The Kier molecular flexibility index (Phi) is 3.45. The van der Waals surface area contributed by atoms with Gasteiger partial charge in [-0.05, 0) is 23.4 Å². The standard InChI is InChI=1S/C13H16N2OS/c1-9(8-16)7-15-5-4-10-2-3-11(13(14)17)6-12(10)15/h2-6,9,16H,7-8H2,1H3,(H2,14,17). The topological polar surface area (TPSA) is 51.2 Å². The van der Waals surface area contributed by atoms with Crippen molar-refractivity contribution in [2.75, 3.05) is 6.61 Å². The molecular formula is C13H16N2OS. The SMILES string of the molecule is CC(CO)Cn1ccc2ccc(C(N)=S)cc21. The van der Waals surface area contributed by atoms with Crippen LogP contribution in [-0.4, -0.2) is 21.3 Å². The molecule has 0 bridgehead atoms. The number of hydrogen-bond acceptors (Lipinski definition) is 2. The van der Waals surface area contributed by atoms with E-state index in [0.717, 1.165) is 23.0 Å². The van der Waals surface area contributed by atoms with E-state index in [1.165, 1.54) is 0 Å². The molecule has 0 aliphatic heterocycles. The van der Waals surface area contributed by atoms with Gasteiger partial charge in [0.15, 0.2) is 0 Å². The van der Waals surface area contributed by atoms with E-state index < -0.39 is 0 Å². The minimum Gasteiger partial charge on any atom is -0.396 e. The molecule has 1 aromatic carbocycles. The molecule has 0 radical (unpaired) electrons. The number of aromatic nitrogens is 1. The van der Waals surface area contributed by atoms with Gasteiger partial charge in [0, 0.05) is 30.4 Å². The highest BCUT2D eigenvalue weighted by Gasteiger charge is 2.06. The number of fused-ring (bicyclic) bond motifs is 1. The lowest BCUT2D eigenvalue weighted by Crippen LogP contribution is -2.11. The second kappa shape index (κ2) is 4.85. The quantitative estimate of drug-likeness (QED) is 0.813. The number of nitrogens with two attached hydrogens (primary N) is 1. The lowest BCUT2D eigenvalue weighted by atomic mass is 10.1. The van der Waals surface area contributed by atoms with Crippen LogP contribution >= 0.6 is 12.2 Å². The Morgan fingerprint density at radius 1 is 1.47 bits per heavy atom. The normalized spacial score (nSPS) is 12.8. The minimum absolute atomic E-state index is 0.189. The van der Waals surface area contributed by atoms with Crippen molar-refractivity contribution in [2.24, 2.45) is 11.7 Å². The summed E-state index contributed by atoms with van der Waals surface area (Å²) in [6.07, 6.45) is 2.03. The monoisotopic (exact) mass is 248 g/mol. The molecule has 2 aromatic rings. The summed E-state index contributed by atoms with van der Waals surface area (Å²) in [7, 11) is 0. The maximum Gasteiger partial charge on any atom is 0.104 e. The predicted molar refractivity (Wildman–Crippen MR) is 74.1 cm³/mol. The molecule has 4 heteroatoms. The summed E-state index contributed by atoms with van der Waals surface area (Å²) in [4.78, 5) is 0.412. The number of hydrogen-bond donors (Lipinski definition) is 2. The molecule has 90 valence electrons. The number of nitrogens with zero attached hydrogens (tertiary/aromatic N) is 1. The van der Waals surface area contributed by atoms with E-state index in [4.69, 9.17) is 23.1 Å². The summed E-state index contributed by atoms with van der Waals surface area (Å²) in [6, 6.07) is 8.01. The lowest BCUT2D eigenvalue weighted by Gasteiger charge is -2.11. The van der Waals surface area contributed by atoms with Gasteiger partial charge in [0.2, 0.25) is 0 Å². The number of benzene rings is 1. The predicted octanol–water partition coefficient (Wildman–Crippen LogP) is 1.90. The number of thiocarbonyl (C=S) groups is 1. The van der Waals surface area contributed by atoms with Crippen molar-refractivity contribution < 1.29 is 5.11 Å². The highest BCUT2D eigenvalue weighted by atomic mass is 32.1. The van der Waals surface area contributed by atoms with Crippen molar-refractivity contribution in [3.8, 4) is 0 Å². The maximum absolute atomic E-state index is 9.09. The molecule has 0 aliphatic rings. The van der Waals surface area contributed by atoms with E-state index >= 15 is 0 Å². The molecule has 17 heavy (non-hydrogen) atoms. The fourth-order valence-electron chi connectivity index (χ4n) is 1.89. The molecule has 2 rings (SSSR count). The Morgan fingerprint density at radius 3 is 2.88 bits per heavy atom. The molecule has 0 amide bonds. The average molecular weight is 248 g/mol. The van der Waals surface area contributed by atoms with Crippen LogP contribution in [0.1, 0.15) is 12.5 Å². The highest BCUT2D eigenvalue weighted by Crippen LogP contribution is 2.19. The molecule has 3 nitrogen and oxygen atoms in total. The van der Waals surface area contributed by atoms with Gasteiger partial charge in [0.25, 0.3) is 0 Å². The molecule has 0 fully saturated rings. The van der Waals surface area contributed by atoms with Crippen molar-refractivity contribution in [3.63, 3.8) is 0 Å². The van der Waals surface area contributed by atoms with Gasteiger partial charge >= 0.3 is 0 Å². The third-order valence-electron chi connectivity index (χ3n) is 2.88. The number of aliphatic hydroxyl groups is 1. The molecule has 0 saturated heterocycles. The summed E-state index contributed by atoms with van der Waals surface area (Å²) < 4.78 is 2.12. The Bertz CT molecular complexity index is 547. The number of aliphatic hydroxyl groups excluding tert-OH is 1. The molecule has 0 spiro atoms. The smallest absolute Gasteiger partial charge is 0.104 e. The lowest BCUT2D eigenvalue weighted by molar-refractivity contribution is 0.224. The Hall–Kier alpha value is -1.39. The van der Waals surface area contributed by atoms with Gasteiger partial charge < -0.3 is 15.4 Å². The Labute approximate surface area is 106 Å². The first-order valence-corrected chi connectivity index (χ1v) is 6.02. The first kappa shape index (κ1) is 12.1. The summed E-state index contributed by atoms with van der Waals surface area (Å²) in [5.74, 6) is 0.235. The number of rotatable bonds is 4. The summed E-state index contributed by atoms with van der Waals surface area (Å²) in [6.45, 7) is 3.00. The highest BCUT2D eigenvalue weighted by molar-refractivity contribution is 7.80. The van der Waals surface area contributed by atoms with Crippen LogP contribution in [0.5, 0.6) is 0 Å². The molecule has 3 N–H and O–H groups in total. The van der Waals surface area contributed by atoms with Gasteiger partial charge in [-0.25, -0.2) is 0 Å². The van der Waals surface area contributed by atoms with Crippen LogP contribution in [0.15, 0.2) is 30.5 Å². The summed E-state index contributed by atoms with van der Waals surface area (Å²) >= 11 is 4.98. The van der Waals surface area contributed by atoms with Crippen LogP contribution in [0.3, 0.4) is 0 Å². The molecule has 1 atom stereocenters. The van der Waals surface area contributed by atoms with Gasteiger partial charge in [-0.2, -0.15) is 0 Å². The van der Waals surface area contributed by atoms with Crippen LogP contribution in [0.4, 0.5) is 0 Å². The van der Waals surface area contributed by atoms with Crippen LogP contribution < -0.4 is 5.73 Å². The molecule has 1 unspecified atom stereocenters. The fourth-order valence-corrected chi connectivity index (χ4v) is 2.02. The molecule has 1 heterocycles. The van der Waals surface area contributed by atoms with E-state index in [2.05, 4.69) is 10.6 Å². The van der Waals surface area contributed by atoms with Gasteiger partial charge in [0.1, 0.15) is 4.99 Å². The largest absolute Gasteiger partial charge is 0.396 e. The molecule has 0 saturated carbocycles. The van der Waals surface area contributed by atoms with Gasteiger partial charge in [0.05, 0.1) is 0 Å². The average Bonchev–Trinajstić information content (AvgIpc) is 2.71. The fraction of sp³-hybridized carbons (Fsp3) is 0.308. The van der Waals surface area contributed by atoms with Gasteiger partial charge in [-0.1, -0.05) is 31.3 Å². The van der Waals surface area contributed by atoms with Crippen LogP contribution in [0.2, 0.25) is 0 Å². The zero-order chi connectivity index (χ0) is 12.4. The third kappa shape index (κ3) is 2.48. The van der Waals surface area contributed by atoms with Crippen molar-refractivity contribution >= 4 is 28.1 Å². The summed E-state index contributed by atoms with van der Waals surface area (Å²) in [5, 5.41) is 10.3. The third-order valence-corrected chi connectivity index (χ3v) is 3.11. The van der Waals surface area contributed by atoms with Crippen LogP contribution in [0, 0.1) is 5.92 Å². The second-order valence-corrected chi connectivity index (χ2v) is 4.83. The Morgan fingerprint density at radius 2 is 2.24 bits per heavy atom. The van der Waals surface area contributed by atoms with E-state index in [0.29, 0.717) is 4.99 Å². The van der Waals surface area contributed by atoms with Crippen molar-refractivity contribution in [2.45, 2.75) is 13.5 Å². The van der Waals surface area contributed by atoms with Crippen LogP contribution in [-0.2, 0) is 6.54 Å². The van der Waals surface area contributed by atoms with Crippen molar-refractivity contribution in [3.05, 3.63) is 36.0 Å². The first-order valence-electron chi connectivity index (χ1n) is 5.61. The van der Waals surface area contributed by atoms with Gasteiger partial charge in [-0.3, -0.25) is 0 Å². The van der Waals surface area contributed by atoms with E-state index in [9.17, 15) is 0 Å². The molecule has 1 aromatic heterocycles. The van der Waals surface area contributed by atoms with E-state index in [1.807, 2.05) is 31.3 Å². The maximum atomic E-state index is 9.09. The first-order chi connectivity index (χ1) is 8.11. The zero-order valence-corrected chi connectivity index (χ0v) is 10.6. The van der Waals surface area contributed by atoms with E-state index in [-0.39, 0.29) is 12.5 Å². The van der Waals surface area contributed by atoms with Crippen molar-refractivity contribution in [1.82, 2.24) is 4.57 Å². The molecule has 0 aliphatic carbocycles. The Balaban J connectivity index is 2.43. The second-order valence-electron chi connectivity index (χ2n) is 4.39.